The van der Waals surface area contributed by atoms with Gasteiger partial charge in [-0.2, -0.15) is 22.6 Å². The van der Waals surface area contributed by atoms with Gasteiger partial charge >= 0.3 is 6.18 Å². The number of H-pyrrole nitrogens is 1. The summed E-state index contributed by atoms with van der Waals surface area (Å²) < 4.78 is 62.4. The molecular formula is C9H13F3N4O2S. The first-order valence-electron chi connectivity index (χ1n) is 5.56. The molecule has 1 heterocycles. The molecule has 19 heavy (non-hydrogen) atoms. The van der Waals surface area contributed by atoms with E-state index >= 15 is 0 Å². The maximum absolute atomic E-state index is 12.5. The van der Waals surface area contributed by atoms with Gasteiger partial charge in [0.25, 0.3) is 10.0 Å². The summed E-state index contributed by atoms with van der Waals surface area (Å²) in [5.41, 5.74) is 5.52. The third-order valence-corrected chi connectivity index (χ3v) is 4.67. The molecule has 6 nitrogen and oxygen atoms in total. The largest absolute Gasteiger partial charge is 0.402 e. The molecule has 0 atom stereocenters. The lowest BCUT2D eigenvalue weighted by Gasteiger charge is -2.22. The van der Waals surface area contributed by atoms with Gasteiger partial charge in [0, 0.05) is 18.2 Å². The summed E-state index contributed by atoms with van der Waals surface area (Å²) in [7, 11) is -4.26. The van der Waals surface area contributed by atoms with Crippen molar-refractivity contribution < 1.29 is 21.6 Å². The number of halogens is 3. The normalized spacial score (nSPS) is 17.1. The average molecular weight is 298 g/mol. The van der Waals surface area contributed by atoms with Gasteiger partial charge in [-0.1, -0.05) is 0 Å². The molecule has 1 aliphatic rings. The number of aromatic nitrogens is 2. The third-order valence-electron chi connectivity index (χ3n) is 2.75. The molecule has 0 aromatic carbocycles. The van der Waals surface area contributed by atoms with E-state index in [1.54, 1.807) is 0 Å². The number of sulfonamides is 1. The van der Waals surface area contributed by atoms with Gasteiger partial charge in [-0.25, -0.2) is 8.42 Å². The topological polar surface area (TPSA) is 92.1 Å². The van der Waals surface area contributed by atoms with Gasteiger partial charge in [0.2, 0.25) is 0 Å². The summed E-state index contributed by atoms with van der Waals surface area (Å²) in [4.78, 5) is 0. The van der Waals surface area contributed by atoms with Gasteiger partial charge in [0.05, 0.1) is 6.20 Å². The highest BCUT2D eigenvalue weighted by molar-refractivity contribution is 7.89. The van der Waals surface area contributed by atoms with Gasteiger partial charge in [-0.15, -0.1) is 0 Å². The Labute approximate surface area is 107 Å². The van der Waals surface area contributed by atoms with Crippen LogP contribution in [-0.4, -0.2) is 41.7 Å². The maximum Gasteiger partial charge on any atom is 0.402 e. The van der Waals surface area contributed by atoms with E-state index in [2.05, 4.69) is 10.2 Å². The van der Waals surface area contributed by atoms with Crippen LogP contribution in [0.15, 0.2) is 11.2 Å². The van der Waals surface area contributed by atoms with Crippen LogP contribution in [0.1, 0.15) is 18.4 Å². The van der Waals surface area contributed by atoms with Crippen LogP contribution < -0.4 is 5.73 Å². The number of hydrogen-bond donors (Lipinski definition) is 2. The smallest absolute Gasteiger partial charge is 0.326 e. The highest BCUT2D eigenvalue weighted by Gasteiger charge is 2.45. The minimum Gasteiger partial charge on any atom is -0.326 e. The molecule has 108 valence electrons. The molecule has 10 heteroatoms. The first-order valence-corrected chi connectivity index (χ1v) is 7.00. The van der Waals surface area contributed by atoms with E-state index < -0.39 is 28.8 Å². The fourth-order valence-corrected chi connectivity index (χ4v) is 3.52. The van der Waals surface area contributed by atoms with Crippen LogP contribution in [0.2, 0.25) is 0 Å². The van der Waals surface area contributed by atoms with E-state index in [9.17, 15) is 21.6 Å². The van der Waals surface area contributed by atoms with E-state index in [4.69, 9.17) is 5.73 Å². The number of rotatable bonds is 5. The van der Waals surface area contributed by atoms with Crippen LogP contribution >= 0.6 is 0 Å². The van der Waals surface area contributed by atoms with Crippen LogP contribution in [0.3, 0.4) is 0 Å². The Morgan fingerprint density at radius 3 is 2.58 bits per heavy atom. The lowest BCUT2D eigenvalue weighted by Crippen LogP contribution is -2.41. The number of alkyl halides is 3. The lowest BCUT2D eigenvalue weighted by molar-refractivity contribution is -0.137. The highest BCUT2D eigenvalue weighted by atomic mass is 32.2. The van der Waals surface area contributed by atoms with Gasteiger partial charge in [0.15, 0.2) is 5.03 Å². The van der Waals surface area contributed by atoms with Crippen LogP contribution in [-0.2, 0) is 16.6 Å². The second-order valence-electron chi connectivity index (χ2n) is 4.33. The molecule has 0 bridgehead atoms. The van der Waals surface area contributed by atoms with Gasteiger partial charge < -0.3 is 5.73 Å². The van der Waals surface area contributed by atoms with Gasteiger partial charge in [-0.3, -0.25) is 5.10 Å². The molecule has 0 aliphatic heterocycles. The second kappa shape index (κ2) is 4.76. The van der Waals surface area contributed by atoms with Crippen LogP contribution in [0.4, 0.5) is 13.2 Å². The SMILES string of the molecule is NCc1cn[nH]c1S(=O)(=O)N(CC(F)(F)F)C1CC1. The van der Waals surface area contributed by atoms with Crippen molar-refractivity contribution in [2.75, 3.05) is 6.54 Å². The predicted molar refractivity (Wildman–Crippen MR) is 59.4 cm³/mol. The van der Waals surface area contributed by atoms with Crippen molar-refractivity contribution in [1.82, 2.24) is 14.5 Å². The highest BCUT2D eigenvalue weighted by Crippen LogP contribution is 2.34. The van der Waals surface area contributed by atoms with Crippen molar-refractivity contribution in [1.29, 1.82) is 0 Å². The molecule has 0 amide bonds. The Morgan fingerprint density at radius 2 is 2.11 bits per heavy atom. The molecule has 1 fully saturated rings. The molecule has 0 unspecified atom stereocenters. The van der Waals surface area contributed by atoms with Crippen molar-refractivity contribution in [2.45, 2.75) is 36.6 Å². The second-order valence-corrected chi connectivity index (χ2v) is 6.15. The van der Waals surface area contributed by atoms with E-state index in [1.807, 2.05) is 0 Å². The van der Waals surface area contributed by atoms with Gasteiger partial charge in [-0.05, 0) is 12.8 Å². The molecule has 0 spiro atoms. The quantitative estimate of drug-likeness (QED) is 0.832. The van der Waals surface area contributed by atoms with Crippen molar-refractivity contribution >= 4 is 10.0 Å². The van der Waals surface area contributed by atoms with E-state index in [-0.39, 0.29) is 17.1 Å². The zero-order chi connectivity index (χ0) is 14.3. The zero-order valence-electron chi connectivity index (χ0n) is 9.81. The molecule has 0 radical (unpaired) electrons. The van der Waals surface area contributed by atoms with Crippen LogP contribution in [0.25, 0.3) is 0 Å². The minimum absolute atomic E-state index is 0.115. The van der Waals surface area contributed by atoms with Gasteiger partial charge in [0.1, 0.15) is 6.54 Å². The molecule has 1 aromatic rings. The standard InChI is InChI=1S/C9H13F3N4O2S/c10-9(11,12)5-16(7-1-2-7)19(17,18)8-6(3-13)4-14-15-8/h4,7H,1-3,5,13H2,(H,14,15). The van der Waals surface area contributed by atoms with Crippen molar-refractivity contribution in [3.8, 4) is 0 Å². The molecule has 1 aliphatic carbocycles. The number of nitrogens with two attached hydrogens (primary N) is 1. The molecule has 1 aromatic heterocycles. The number of hydrogen-bond acceptors (Lipinski definition) is 4. The Morgan fingerprint density at radius 1 is 1.47 bits per heavy atom. The Bertz CT molecular complexity index is 550. The number of nitrogens with one attached hydrogen (secondary N) is 1. The average Bonchev–Trinajstić information content (AvgIpc) is 3.00. The van der Waals surface area contributed by atoms with E-state index in [0.29, 0.717) is 17.1 Å². The third kappa shape index (κ3) is 3.07. The maximum atomic E-state index is 12.5. The monoisotopic (exact) mass is 298 g/mol. The van der Waals surface area contributed by atoms with Crippen molar-refractivity contribution in [3.63, 3.8) is 0 Å². The Hall–Kier alpha value is -1.13. The summed E-state index contributed by atoms with van der Waals surface area (Å²) in [6, 6.07) is -0.597. The molecule has 2 rings (SSSR count). The van der Waals surface area contributed by atoms with Crippen molar-refractivity contribution in [2.24, 2.45) is 5.73 Å². The Balaban J connectivity index is 2.35. The van der Waals surface area contributed by atoms with E-state index in [1.165, 1.54) is 6.20 Å². The first-order chi connectivity index (χ1) is 8.75. The summed E-state index contributed by atoms with van der Waals surface area (Å²) in [5.74, 6) is 0. The van der Waals surface area contributed by atoms with Crippen molar-refractivity contribution in [3.05, 3.63) is 11.8 Å². The van der Waals surface area contributed by atoms with Crippen LogP contribution in [0.5, 0.6) is 0 Å². The summed E-state index contributed by atoms with van der Waals surface area (Å²) >= 11 is 0. The lowest BCUT2D eigenvalue weighted by atomic mass is 10.4. The molecule has 0 saturated heterocycles. The fourth-order valence-electron chi connectivity index (χ4n) is 1.73. The fraction of sp³-hybridized carbons (Fsp3) is 0.667. The first kappa shape index (κ1) is 14.3. The molecule has 3 N–H and O–H groups in total. The number of nitrogens with zero attached hydrogens (tertiary/aromatic N) is 2. The predicted octanol–water partition coefficient (Wildman–Crippen LogP) is 0.584. The van der Waals surface area contributed by atoms with E-state index in [0.717, 1.165) is 0 Å². The number of aromatic amines is 1. The summed E-state index contributed by atoms with van der Waals surface area (Å²) in [5, 5.41) is 5.39. The summed E-state index contributed by atoms with van der Waals surface area (Å²) in [6.07, 6.45) is -2.52. The Kier molecular flexibility index (Phi) is 3.58. The molecule has 1 saturated carbocycles. The van der Waals surface area contributed by atoms with Crippen LogP contribution in [0, 0.1) is 0 Å². The molecular weight excluding hydrogens is 285 g/mol. The summed E-state index contributed by atoms with van der Waals surface area (Å²) in [6.45, 7) is -1.61. The minimum atomic E-state index is -4.58. The zero-order valence-corrected chi connectivity index (χ0v) is 10.6.